The Balaban J connectivity index is 2.04. The van der Waals surface area contributed by atoms with Gasteiger partial charge in [0.1, 0.15) is 10.7 Å². The van der Waals surface area contributed by atoms with Gasteiger partial charge in [-0.05, 0) is 23.9 Å². The Morgan fingerprint density at radius 2 is 2.50 bits per heavy atom. The van der Waals surface area contributed by atoms with Gasteiger partial charge in [-0.2, -0.15) is 0 Å². The van der Waals surface area contributed by atoms with Gasteiger partial charge >= 0.3 is 5.97 Å². The second kappa shape index (κ2) is 4.67. The fraction of sp³-hybridized carbons (Fsp3) is 0.222. The Bertz CT molecular complexity index is 506. The largest absolute Gasteiger partial charge is 0.477 e. The topological polar surface area (TPSA) is 78.9 Å². The van der Waals surface area contributed by atoms with Crippen LogP contribution in [0.1, 0.15) is 21.1 Å². The first-order valence-corrected chi connectivity index (χ1v) is 6.35. The van der Waals surface area contributed by atoms with Crippen LogP contribution < -0.4 is 0 Å². The summed E-state index contributed by atoms with van der Waals surface area (Å²) in [5.74, 6) is 0.450. The van der Waals surface area contributed by atoms with Gasteiger partial charge in [-0.15, -0.1) is 16.4 Å². The molecule has 0 unspecified atom stereocenters. The zero-order valence-electron chi connectivity index (χ0n) is 8.43. The molecule has 0 atom stereocenters. The van der Waals surface area contributed by atoms with Crippen LogP contribution in [-0.4, -0.2) is 26.3 Å². The molecule has 0 bridgehead atoms. The number of hydrogen-bond acceptors (Lipinski definition) is 5. The van der Waals surface area contributed by atoms with Crippen LogP contribution in [0.3, 0.4) is 0 Å². The van der Waals surface area contributed by atoms with Crippen molar-refractivity contribution in [1.82, 2.24) is 15.2 Å². The van der Waals surface area contributed by atoms with Crippen molar-refractivity contribution in [3.05, 3.63) is 27.7 Å². The number of carboxylic acid groups (broad SMARTS) is 1. The highest BCUT2D eigenvalue weighted by atomic mass is 32.2. The number of nitrogens with zero attached hydrogens (tertiary/aromatic N) is 2. The van der Waals surface area contributed by atoms with Crippen LogP contribution in [0.4, 0.5) is 0 Å². The lowest BCUT2D eigenvalue weighted by Crippen LogP contribution is -1.96. The van der Waals surface area contributed by atoms with Gasteiger partial charge in [-0.3, -0.25) is 5.10 Å². The summed E-state index contributed by atoms with van der Waals surface area (Å²) >= 11 is 2.66. The van der Waals surface area contributed by atoms with Gasteiger partial charge in [0.05, 0.1) is 0 Å². The van der Waals surface area contributed by atoms with E-state index in [1.165, 1.54) is 23.1 Å². The molecule has 2 rings (SSSR count). The van der Waals surface area contributed by atoms with E-state index in [0.717, 1.165) is 11.4 Å². The van der Waals surface area contributed by atoms with E-state index in [0.29, 0.717) is 15.8 Å². The van der Waals surface area contributed by atoms with Crippen molar-refractivity contribution in [2.45, 2.75) is 17.8 Å². The van der Waals surface area contributed by atoms with E-state index in [1.807, 2.05) is 13.0 Å². The molecule has 0 aliphatic rings. The van der Waals surface area contributed by atoms with Crippen molar-refractivity contribution < 1.29 is 9.90 Å². The van der Waals surface area contributed by atoms with Crippen LogP contribution in [0.25, 0.3) is 0 Å². The molecule has 2 heterocycles. The summed E-state index contributed by atoms with van der Waals surface area (Å²) in [6, 6.07) is 1.82. The number of carboxylic acids is 1. The minimum absolute atomic E-state index is 0.389. The van der Waals surface area contributed by atoms with Gasteiger partial charge in [0.2, 0.25) is 5.16 Å². The number of H-pyrrole nitrogens is 1. The molecule has 2 aromatic rings. The molecule has 0 spiro atoms. The van der Waals surface area contributed by atoms with Crippen molar-refractivity contribution >= 4 is 29.1 Å². The van der Waals surface area contributed by atoms with Crippen LogP contribution >= 0.6 is 23.1 Å². The number of thioether (sulfide) groups is 1. The third kappa shape index (κ3) is 2.42. The first-order chi connectivity index (χ1) is 7.66. The molecule has 0 saturated heterocycles. The molecular formula is C9H9N3O2S2. The van der Waals surface area contributed by atoms with Crippen molar-refractivity contribution in [1.29, 1.82) is 0 Å². The number of nitrogens with one attached hydrogen (secondary N) is 1. The van der Waals surface area contributed by atoms with Crippen LogP contribution in [0.15, 0.2) is 16.6 Å². The minimum atomic E-state index is -0.878. The van der Waals surface area contributed by atoms with E-state index in [2.05, 4.69) is 15.2 Å². The van der Waals surface area contributed by atoms with Crippen LogP contribution in [0.2, 0.25) is 0 Å². The molecule has 84 valence electrons. The number of aryl methyl sites for hydroxylation is 1. The average Bonchev–Trinajstić information content (AvgIpc) is 2.83. The summed E-state index contributed by atoms with van der Waals surface area (Å²) < 4.78 is 0. The molecule has 2 aromatic heterocycles. The first-order valence-electron chi connectivity index (χ1n) is 4.48. The van der Waals surface area contributed by atoms with E-state index >= 15 is 0 Å². The summed E-state index contributed by atoms with van der Waals surface area (Å²) in [6.45, 7) is 1.82. The first kappa shape index (κ1) is 11.2. The predicted octanol–water partition coefficient (Wildman–Crippen LogP) is 2.17. The molecule has 0 radical (unpaired) electrons. The molecule has 2 N–H and O–H groups in total. The van der Waals surface area contributed by atoms with Crippen LogP contribution in [-0.2, 0) is 5.75 Å². The van der Waals surface area contributed by atoms with E-state index in [1.54, 1.807) is 5.38 Å². The molecule has 0 aromatic carbocycles. The van der Waals surface area contributed by atoms with Gasteiger partial charge in [0, 0.05) is 5.75 Å². The summed E-state index contributed by atoms with van der Waals surface area (Å²) in [6.07, 6.45) is 0. The fourth-order valence-corrected chi connectivity index (χ4v) is 2.86. The minimum Gasteiger partial charge on any atom is -0.477 e. The standard InChI is InChI=1S/C9H9N3O2S2/c1-5-10-9(12-11-5)16-4-6-2-3-15-7(6)8(13)14/h2-3H,4H2,1H3,(H,13,14)(H,10,11,12). The Morgan fingerprint density at radius 3 is 3.12 bits per heavy atom. The number of aromatic amines is 1. The Hall–Kier alpha value is -1.34. The highest BCUT2D eigenvalue weighted by molar-refractivity contribution is 7.98. The molecule has 0 aliphatic heterocycles. The quantitative estimate of drug-likeness (QED) is 0.818. The molecule has 0 aliphatic carbocycles. The summed E-state index contributed by atoms with van der Waals surface area (Å²) in [4.78, 5) is 15.4. The maximum absolute atomic E-state index is 10.9. The number of rotatable bonds is 4. The van der Waals surface area contributed by atoms with Gasteiger partial charge in [0.15, 0.2) is 0 Å². The molecule has 7 heteroatoms. The van der Waals surface area contributed by atoms with Gasteiger partial charge in [-0.1, -0.05) is 11.8 Å². The third-order valence-electron chi connectivity index (χ3n) is 1.87. The molecule has 16 heavy (non-hydrogen) atoms. The summed E-state index contributed by atoms with van der Waals surface area (Å²) in [7, 11) is 0. The van der Waals surface area contributed by atoms with Crippen molar-refractivity contribution in [2.75, 3.05) is 0 Å². The molecular weight excluding hydrogens is 246 g/mol. The lowest BCUT2D eigenvalue weighted by atomic mass is 10.3. The molecule has 0 amide bonds. The zero-order valence-corrected chi connectivity index (χ0v) is 10.1. The molecule has 0 fully saturated rings. The second-order valence-electron chi connectivity index (χ2n) is 3.07. The SMILES string of the molecule is Cc1nc(SCc2ccsc2C(=O)O)n[nH]1. The van der Waals surface area contributed by atoms with Crippen LogP contribution in [0, 0.1) is 6.92 Å². The van der Waals surface area contributed by atoms with Crippen molar-refractivity contribution in [3.8, 4) is 0 Å². The lowest BCUT2D eigenvalue weighted by Gasteiger charge is -1.96. The third-order valence-corrected chi connectivity index (χ3v) is 3.72. The lowest BCUT2D eigenvalue weighted by molar-refractivity contribution is 0.0701. The number of hydrogen-bond donors (Lipinski definition) is 2. The Kier molecular flexibility index (Phi) is 3.25. The number of aromatic nitrogens is 3. The smallest absolute Gasteiger partial charge is 0.346 e. The number of thiophene rings is 1. The van der Waals surface area contributed by atoms with E-state index in [9.17, 15) is 4.79 Å². The number of carbonyl (C=O) groups is 1. The normalized spacial score (nSPS) is 10.6. The van der Waals surface area contributed by atoms with E-state index < -0.39 is 5.97 Å². The van der Waals surface area contributed by atoms with E-state index in [4.69, 9.17) is 5.11 Å². The molecule has 5 nitrogen and oxygen atoms in total. The fourth-order valence-electron chi connectivity index (χ4n) is 1.17. The highest BCUT2D eigenvalue weighted by Crippen LogP contribution is 2.24. The maximum Gasteiger partial charge on any atom is 0.346 e. The average molecular weight is 255 g/mol. The maximum atomic E-state index is 10.9. The highest BCUT2D eigenvalue weighted by Gasteiger charge is 2.12. The Labute approximate surface area is 99.9 Å². The van der Waals surface area contributed by atoms with Gasteiger partial charge in [-0.25, -0.2) is 9.78 Å². The van der Waals surface area contributed by atoms with Crippen LogP contribution in [0.5, 0.6) is 0 Å². The predicted molar refractivity (Wildman–Crippen MR) is 62.0 cm³/mol. The van der Waals surface area contributed by atoms with Crippen molar-refractivity contribution in [3.63, 3.8) is 0 Å². The van der Waals surface area contributed by atoms with Crippen molar-refractivity contribution in [2.24, 2.45) is 0 Å². The van der Waals surface area contributed by atoms with E-state index in [-0.39, 0.29) is 0 Å². The number of aromatic carboxylic acids is 1. The molecule has 0 saturated carbocycles. The second-order valence-corrected chi connectivity index (χ2v) is 4.93. The van der Waals surface area contributed by atoms with Gasteiger partial charge < -0.3 is 5.11 Å². The zero-order chi connectivity index (χ0) is 11.5. The summed E-state index contributed by atoms with van der Waals surface area (Å²) in [5, 5.41) is 18.1. The summed E-state index contributed by atoms with van der Waals surface area (Å²) in [5.41, 5.74) is 0.810. The monoisotopic (exact) mass is 255 g/mol. The Morgan fingerprint density at radius 1 is 1.69 bits per heavy atom. The van der Waals surface area contributed by atoms with Gasteiger partial charge in [0.25, 0.3) is 0 Å².